The lowest BCUT2D eigenvalue weighted by Gasteiger charge is -2.13. The molecule has 7 nitrogen and oxygen atoms in total. The van der Waals surface area contributed by atoms with Crippen LogP contribution in [0.5, 0.6) is 5.75 Å². The number of ether oxygens (including phenoxy) is 1. The molecule has 0 radical (unpaired) electrons. The third kappa shape index (κ3) is 3.17. The van der Waals surface area contributed by atoms with Gasteiger partial charge in [0.15, 0.2) is 11.9 Å². The van der Waals surface area contributed by atoms with Crippen molar-refractivity contribution in [3.05, 3.63) is 33.9 Å². The molecule has 1 rings (SSSR count). The number of rotatable bonds is 6. The van der Waals surface area contributed by atoms with E-state index in [4.69, 9.17) is 15.6 Å². The Balaban J connectivity index is 3.11. The van der Waals surface area contributed by atoms with Crippen molar-refractivity contribution in [3.63, 3.8) is 0 Å². The van der Waals surface area contributed by atoms with E-state index in [9.17, 15) is 14.9 Å². The van der Waals surface area contributed by atoms with Gasteiger partial charge in [-0.2, -0.15) is 0 Å². The summed E-state index contributed by atoms with van der Waals surface area (Å²) in [7, 11) is 0. The van der Waals surface area contributed by atoms with Gasteiger partial charge in [0.05, 0.1) is 4.92 Å². The summed E-state index contributed by atoms with van der Waals surface area (Å²) in [4.78, 5) is 21.0. The van der Waals surface area contributed by atoms with Gasteiger partial charge in [-0.05, 0) is 18.1 Å². The predicted octanol–water partition coefficient (Wildman–Crippen LogP) is 1.30. The Morgan fingerprint density at radius 1 is 1.61 bits per heavy atom. The SMILES string of the molecule is CCC(Oc1cc(CN)ccc1[N+](=O)[O-])C(=O)O. The van der Waals surface area contributed by atoms with Crippen molar-refractivity contribution in [2.24, 2.45) is 5.73 Å². The molecule has 98 valence electrons. The highest BCUT2D eigenvalue weighted by atomic mass is 16.6. The molecule has 1 aromatic carbocycles. The largest absolute Gasteiger partial charge is 0.479 e. The fourth-order valence-corrected chi connectivity index (χ4v) is 1.39. The highest BCUT2D eigenvalue weighted by Gasteiger charge is 2.22. The number of carbonyl (C=O) groups is 1. The van der Waals surface area contributed by atoms with Crippen LogP contribution in [0, 0.1) is 10.1 Å². The maximum atomic E-state index is 10.9. The van der Waals surface area contributed by atoms with Crippen LogP contribution in [0.2, 0.25) is 0 Å². The predicted molar refractivity (Wildman–Crippen MR) is 63.3 cm³/mol. The minimum absolute atomic E-state index is 0.0720. The Bertz CT molecular complexity index is 461. The molecule has 0 amide bonds. The highest BCUT2D eigenvalue weighted by Crippen LogP contribution is 2.29. The number of carboxylic acids is 1. The van der Waals surface area contributed by atoms with E-state index < -0.39 is 17.0 Å². The first-order valence-corrected chi connectivity index (χ1v) is 5.36. The number of aliphatic carboxylic acids is 1. The summed E-state index contributed by atoms with van der Waals surface area (Å²) in [6, 6.07) is 4.16. The van der Waals surface area contributed by atoms with Crippen molar-refractivity contribution in [2.75, 3.05) is 0 Å². The molecule has 0 aliphatic carbocycles. The summed E-state index contributed by atoms with van der Waals surface area (Å²) < 4.78 is 5.16. The maximum absolute atomic E-state index is 10.9. The number of carboxylic acid groups (broad SMARTS) is 1. The second kappa shape index (κ2) is 5.97. The third-order valence-corrected chi connectivity index (χ3v) is 2.37. The van der Waals surface area contributed by atoms with Crippen LogP contribution in [-0.4, -0.2) is 22.1 Å². The molecular weight excluding hydrogens is 240 g/mol. The van der Waals surface area contributed by atoms with E-state index in [0.29, 0.717) is 5.56 Å². The highest BCUT2D eigenvalue weighted by molar-refractivity contribution is 5.73. The maximum Gasteiger partial charge on any atom is 0.344 e. The molecule has 0 aromatic heterocycles. The zero-order chi connectivity index (χ0) is 13.7. The first-order chi connectivity index (χ1) is 8.49. The lowest BCUT2D eigenvalue weighted by molar-refractivity contribution is -0.386. The number of hydrogen-bond acceptors (Lipinski definition) is 5. The Morgan fingerprint density at radius 2 is 2.28 bits per heavy atom. The van der Waals surface area contributed by atoms with E-state index >= 15 is 0 Å². The van der Waals surface area contributed by atoms with Crippen LogP contribution in [0.3, 0.4) is 0 Å². The Kier molecular flexibility index (Phi) is 4.61. The van der Waals surface area contributed by atoms with Crippen LogP contribution in [-0.2, 0) is 11.3 Å². The van der Waals surface area contributed by atoms with E-state index in [1.165, 1.54) is 18.2 Å². The molecule has 0 bridgehead atoms. The van der Waals surface area contributed by atoms with Gasteiger partial charge in [-0.1, -0.05) is 13.0 Å². The van der Waals surface area contributed by atoms with Crippen LogP contribution < -0.4 is 10.5 Å². The zero-order valence-corrected chi connectivity index (χ0v) is 9.83. The zero-order valence-electron chi connectivity index (χ0n) is 9.83. The molecule has 1 unspecified atom stereocenters. The fraction of sp³-hybridized carbons (Fsp3) is 0.364. The van der Waals surface area contributed by atoms with Gasteiger partial charge < -0.3 is 15.6 Å². The van der Waals surface area contributed by atoms with Gasteiger partial charge in [-0.25, -0.2) is 4.79 Å². The van der Waals surface area contributed by atoms with Gasteiger partial charge in [0, 0.05) is 12.6 Å². The summed E-state index contributed by atoms with van der Waals surface area (Å²) >= 11 is 0. The first-order valence-electron chi connectivity index (χ1n) is 5.36. The Hall–Kier alpha value is -2.15. The van der Waals surface area contributed by atoms with Crippen molar-refractivity contribution in [3.8, 4) is 5.75 Å². The molecule has 0 aliphatic rings. The van der Waals surface area contributed by atoms with Gasteiger partial charge >= 0.3 is 11.7 Å². The molecule has 0 heterocycles. The summed E-state index contributed by atoms with van der Waals surface area (Å²) in [6.45, 7) is 1.82. The van der Waals surface area contributed by atoms with Crippen molar-refractivity contribution >= 4 is 11.7 Å². The van der Waals surface area contributed by atoms with Crippen LogP contribution in [0.1, 0.15) is 18.9 Å². The molecule has 0 aliphatic heterocycles. The normalized spacial score (nSPS) is 11.9. The van der Waals surface area contributed by atoms with E-state index in [1.807, 2.05) is 0 Å². The third-order valence-electron chi connectivity index (χ3n) is 2.37. The first kappa shape index (κ1) is 13.9. The van der Waals surface area contributed by atoms with Gasteiger partial charge in [0.1, 0.15) is 0 Å². The molecule has 0 fully saturated rings. The van der Waals surface area contributed by atoms with Crippen molar-refractivity contribution in [1.29, 1.82) is 0 Å². The lowest BCUT2D eigenvalue weighted by atomic mass is 10.2. The molecule has 18 heavy (non-hydrogen) atoms. The van der Waals surface area contributed by atoms with E-state index in [-0.39, 0.29) is 24.4 Å². The number of nitro benzene ring substituents is 1. The average molecular weight is 254 g/mol. The molecule has 0 saturated heterocycles. The molecule has 3 N–H and O–H groups in total. The monoisotopic (exact) mass is 254 g/mol. The Labute approximate surface area is 103 Å². The number of nitrogens with two attached hydrogens (primary N) is 1. The molecule has 1 atom stereocenters. The second-order valence-corrected chi connectivity index (χ2v) is 3.62. The van der Waals surface area contributed by atoms with Gasteiger partial charge in [0.25, 0.3) is 0 Å². The molecule has 7 heteroatoms. The van der Waals surface area contributed by atoms with Crippen LogP contribution in [0.4, 0.5) is 5.69 Å². The molecule has 1 aromatic rings. The molecular formula is C11H14N2O5. The van der Waals surface area contributed by atoms with Gasteiger partial charge in [0.2, 0.25) is 0 Å². The van der Waals surface area contributed by atoms with E-state index in [1.54, 1.807) is 6.92 Å². The van der Waals surface area contributed by atoms with Crippen LogP contribution in [0.25, 0.3) is 0 Å². The fourth-order valence-electron chi connectivity index (χ4n) is 1.39. The van der Waals surface area contributed by atoms with Crippen LogP contribution >= 0.6 is 0 Å². The summed E-state index contributed by atoms with van der Waals surface area (Å²) in [5.74, 6) is -1.23. The van der Waals surface area contributed by atoms with Gasteiger partial charge in [-0.15, -0.1) is 0 Å². The number of benzene rings is 1. The van der Waals surface area contributed by atoms with Gasteiger partial charge in [-0.3, -0.25) is 10.1 Å². The summed E-state index contributed by atoms with van der Waals surface area (Å²) in [5, 5.41) is 19.7. The second-order valence-electron chi connectivity index (χ2n) is 3.62. The van der Waals surface area contributed by atoms with E-state index in [2.05, 4.69) is 0 Å². The number of hydrogen-bond donors (Lipinski definition) is 2. The molecule has 0 spiro atoms. The van der Waals surface area contributed by atoms with Crippen molar-refractivity contribution in [2.45, 2.75) is 26.0 Å². The lowest BCUT2D eigenvalue weighted by Crippen LogP contribution is -2.26. The summed E-state index contributed by atoms with van der Waals surface area (Å²) in [5.41, 5.74) is 5.79. The molecule has 0 saturated carbocycles. The number of nitrogens with zero attached hydrogens (tertiary/aromatic N) is 1. The topological polar surface area (TPSA) is 116 Å². The Morgan fingerprint density at radius 3 is 2.72 bits per heavy atom. The average Bonchev–Trinajstić information content (AvgIpc) is 2.34. The summed E-state index contributed by atoms with van der Waals surface area (Å²) in [6.07, 6.45) is -0.906. The van der Waals surface area contributed by atoms with Crippen LogP contribution in [0.15, 0.2) is 18.2 Å². The minimum Gasteiger partial charge on any atom is -0.479 e. The quantitative estimate of drug-likeness (QED) is 0.583. The number of nitro groups is 1. The van der Waals surface area contributed by atoms with Crippen molar-refractivity contribution < 1.29 is 19.6 Å². The van der Waals surface area contributed by atoms with E-state index in [0.717, 1.165) is 0 Å². The van der Waals surface area contributed by atoms with Crippen molar-refractivity contribution in [1.82, 2.24) is 0 Å². The minimum atomic E-state index is -1.16. The standard InChI is InChI=1S/C11H14N2O5/c1-2-9(11(14)15)18-10-5-7(6-12)3-4-8(10)13(16)17/h3-5,9H,2,6,12H2,1H3,(H,14,15). The smallest absolute Gasteiger partial charge is 0.344 e.